The second-order valence-corrected chi connectivity index (χ2v) is 3.36. The van der Waals surface area contributed by atoms with Crippen molar-refractivity contribution in [2.45, 2.75) is 12.7 Å². The molecule has 1 N–H and O–H groups in total. The molecule has 0 fully saturated rings. The van der Waals surface area contributed by atoms with Crippen molar-refractivity contribution < 1.29 is 9.47 Å². The predicted molar refractivity (Wildman–Crippen MR) is 60.8 cm³/mol. The van der Waals surface area contributed by atoms with Crippen LogP contribution in [0.1, 0.15) is 17.4 Å². The Morgan fingerprint density at radius 1 is 1.20 bits per heavy atom. The number of nitrogens with one attached hydrogen (secondary N) is 1. The van der Waals surface area contributed by atoms with E-state index >= 15 is 0 Å². The van der Waals surface area contributed by atoms with Gasteiger partial charge in [-0.25, -0.2) is 0 Å². The topological polar surface area (TPSA) is 30.5 Å². The third-order valence-corrected chi connectivity index (χ3v) is 2.38. The monoisotopic (exact) mass is 209 g/mol. The van der Waals surface area contributed by atoms with Gasteiger partial charge in [0, 0.05) is 19.8 Å². The van der Waals surface area contributed by atoms with Gasteiger partial charge in [0.1, 0.15) is 0 Å². The average molecular weight is 209 g/mol. The summed E-state index contributed by atoms with van der Waals surface area (Å²) in [5.74, 6) is 0. The van der Waals surface area contributed by atoms with E-state index in [9.17, 15) is 0 Å². The van der Waals surface area contributed by atoms with Crippen LogP contribution in [0.25, 0.3) is 0 Å². The lowest BCUT2D eigenvalue weighted by atomic mass is 10.0. The van der Waals surface area contributed by atoms with Crippen LogP contribution in [0.4, 0.5) is 0 Å². The number of methoxy groups -OCH3 is 2. The van der Waals surface area contributed by atoms with Gasteiger partial charge < -0.3 is 14.8 Å². The Kier molecular flexibility index (Phi) is 5.32. The molecule has 0 aliphatic heterocycles. The van der Waals surface area contributed by atoms with Crippen LogP contribution in [0.15, 0.2) is 24.3 Å². The Morgan fingerprint density at radius 3 is 2.47 bits per heavy atom. The number of hydrogen-bond donors (Lipinski definition) is 1. The Hall–Kier alpha value is -0.900. The minimum Gasteiger partial charge on any atom is -0.352 e. The number of likely N-dealkylation sites (N-methyl/N-ethyl adjacent to an activating group) is 1. The van der Waals surface area contributed by atoms with Crippen LogP contribution in [0.5, 0.6) is 0 Å². The largest absolute Gasteiger partial charge is 0.352 e. The van der Waals surface area contributed by atoms with E-state index in [-0.39, 0.29) is 6.29 Å². The van der Waals surface area contributed by atoms with Crippen LogP contribution in [0, 0.1) is 0 Å². The number of benzene rings is 1. The van der Waals surface area contributed by atoms with E-state index < -0.39 is 0 Å². The normalized spacial score (nSPS) is 10.9. The second-order valence-electron chi connectivity index (χ2n) is 3.36. The minimum atomic E-state index is -0.266. The average Bonchev–Trinajstić information content (AvgIpc) is 2.29. The molecule has 3 nitrogen and oxygen atoms in total. The zero-order valence-electron chi connectivity index (χ0n) is 9.62. The molecule has 0 aromatic heterocycles. The van der Waals surface area contributed by atoms with Crippen LogP contribution in [0.2, 0.25) is 0 Å². The van der Waals surface area contributed by atoms with E-state index in [1.807, 2.05) is 25.2 Å². The molecule has 1 rings (SSSR count). The molecule has 0 saturated heterocycles. The molecule has 1 aromatic carbocycles. The Bertz CT molecular complexity index is 285. The zero-order valence-corrected chi connectivity index (χ0v) is 9.62. The molecular weight excluding hydrogens is 190 g/mol. The van der Waals surface area contributed by atoms with Gasteiger partial charge in [-0.2, -0.15) is 0 Å². The summed E-state index contributed by atoms with van der Waals surface area (Å²) in [5.41, 5.74) is 2.37. The summed E-state index contributed by atoms with van der Waals surface area (Å²) in [7, 11) is 5.26. The highest BCUT2D eigenvalue weighted by molar-refractivity contribution is 5.28. The number of rotatable bonds is 6. The van der Waals surface area contributed by atoms with Gasteiger partial charge in [-0.1, -0.05) is 24.3 Å². The van der Waals surface area contributed by atoms with Gasteiger partial charge in [0.2, 0.25) is 0 Å². The molecule has 3 heteroatoms. The van der Waals surface area contributed by atoms with Gasteiger partial charge >= 0.3 is 0 Å². The van der Waals surface area contributed by atoms with Gasteiger partial charge in [0.05, 0.1) is 0 Å². The summed E-state index contributed by atoms with van der Waals surface area (Å²) < 4.78 is 10.5. The van der Waals surface area contributed by atoms with Gasteiger partial charge in [-0.15, -0.1) is 0 Å². The molecule has 0 bridgehead atoms. The molecule has 0 amide bonds. The van der Waals surface area contributed by atoms with E-state index in [0.29, 0.717) is 0 Å². The lowest BCUT2D eigenvalue weighted by molar-refractivity contribution is -0.106. The lowest BCUT2D eigenvalue weighted by Crippen LogP contribution is -2.13. The van der Waals surface area contributed by atoms with Crippen LogP contribution < -0.4 is 5.32 Å². The Morgan fingerprint density at radius 2 is 1.87 bits per heavy atom. The van der Waals surface area contributed by atoms with Crippen molar-refractivity contribution in [2.24, 2.45) is 0 Å². The summed E-state index contributed by atoms with van der Waals surface area (Å²) in [6, 6.07) is 8.19. The van der Waals surface area contributed by atoms with E-state index in [0.717, 1.165) is 18.5 Å². The summed E-state index contributed by atoms with van der Waals surface area (Å²) >= 11 is 0. The van der Waals surface area contributed by atoms with Crippen molar-refractivity contribution in [1.29, 1.82) is 0 Å². The summed E-state index contributed by atoms with van der Waals surface area (Å²) in [6.45, 7) is 0.956. The van der Waals surface area contributed by atoms with Gasteiger partial charge in [-0.3, -0.25) is 0 Å². The van der Waals surface area contributed by atoms with Crippen molar-refractivity contribution in [2.75, 3.05) is 27.8 Å². The third-order valence-electron chi connectivity index (χ3n) is 2.38. The van der Waals surface area contributed by atoms with Crippen molar-refractivity contribution >= 4 is 0 Å². The number of ether oxygens (including phenoxy) is 2. The van der Waals surface area contributed by atoms with Crippen LogP contribution in [-0.2, 0) is 15.9 Å². The molecule has 0 spiro atoms. The molecule has 84 valence electrons. The second kappa shape index (κ2) is 6.56. The van der Waals surface area contributed by atoms with E-state index in [1.54, 1.807) is 14.2 Å². The first-order chi connectivity index (χ1) is 7.33. The molecule has 0 aliphatic rings. The summed E-state index contributed by atoms with van der Waals surface area (Å²) in [4.78, 5) is 0. The molecule has 0 unspecified atom stereocenters. The highest BCUT2D eigenvalue weighted by atomic mass is 16.7. The van der Waals surface area contributed by atoms with Crippen molar-refractivity contribution in [3.05, 3.63) is 35.4 Å². The lowest BCUT2D eigenvalue weighted by Gasteiger charge is -2.17. The van der Waals surface area contributed by atoms with E-state index in [1.165, 1.54) is 5.56 Å². The third kappa shape index (κ3) is 3.30. The zero-order chi connectivity index (χ0) is 11.1. The van der Waals surface area contributed by atoms with Gasteiger partial charge in [0.25, 0.3) is 0 Å². The molecular formula is C12H19NO2. The Labute approximate surface area is 91.4 Å². The molecule has 15 heavy (non-hydrogen) atoms. The van der Waals surface area contributed by atoms with E-state index in [4.69, 9.17) is 9.47 Å². The first-order valence-electron chi connectivity index (χ1n) is 5.11. The molecule has 0 atom stereocenters. The Balaban J connectivity index is 2.84. The van der Waals surface area contributed by atoms with Gasteiger partial charge in [-0.05, 0) is 25.6 Å². The minimum absolute atomic E-state index is 0.266. The van der Waals surface area contributed by atoms with Crippen LogP contribution in [0.3, 0.4) is 0 Å². The molecule has 0 aliphatic carbocycles. The highest BCUT2D eigenvalue weighted by Crippen LogP contribution is 2.21. The fourth-order valence-corrected chi connectivity index (χ4v) is 1.60. The smallest absolute Gasteiger partial charge is 0.183 e. The maximum absolute atomic E-state index is 5.26. The fourth-order valence-electron chi connectivity index (χ4n) is 1.60. The molecule has 0 radical (unpaired) electrons. The van der Waals surface area contributed by atoms with Crippen LogP contribution >= 0.6 is 0 Å². The molecule has 0 heterocycles. The SMILES string of the molecule is CNCCc1ccccc1C(OC)OC. The van der Waals surface area contributed by atoms with Crippen molar-refractivity contribution in [3.63, 3.8) is 0 Å². The quantitative estimate of drug-likeness (QED) is 0.724. The standard InChI is InChI=1S/C12H19NO2/c1-13-9-8-10-6-4-5-7-11(10)12(14-2)15-3/h4-7,12-13H,8-9H2,1-3H3. The van der Waals surface area contributed by atoms with Crippen molar-refractivity contribution in [1.82, 2.24) is 5.32 Å². The summed E-state index contributed by atoms with van der Waals surface area (Å²) in [5, 5.41) is 3.14. The molecule has 0 saturated carbocycles. The van der Waals surface area contributed by atoms with Gasteiger partial charge in [0.15, 0.2) is 6.29 Å². The highest BCUT2D eigenvalue weighted by Gasteiger charge is 2.12. The fraction of sp³-hybridized carbons (Fsp3) is 0.500. The summed E-state index contributed by atoms with van der Waals surface area (Å²) in [6.07, 6.45) is 0.716. The first kappa shape index (κ1) is 12.2. The number of hydrogen-bond acceptors (Lipinski definition) is 3. The van der Waals surface area contributed by atoms with E-state index in [2.05, 4.69) is 11.4 Å². The predicted octanol–water partition coefficient (Wildman–Crippen LogP) is 1.74. The van der Waals surface area contributed by atoms with Crippen LogP contribution in [-0.4, -0.2) is 27.8 Å². The molecule has 1 aromatic rings. The maximum atomic E-state index is 5.26. The first-order valence-corrected chi connectivity index (χ1v) is 5.11. The maximum Gasteiger partial charge on any atom is 0.183 e. The van der Waals surface area contributed by atoms with Crippen molar-refractivity contribution in [3.8, 4) is 0 Å².